The Morgan fingerprint density at radius 3 is 1.37 bits per heavy atom. The molecule has 0 radical (unpaired) electrons. The van der Waals surface area contributed by atoms with Crippen molar-refractivity contribution in [3.05, 3.63) is 260 Å². The summed E-state index contributed by atoms with van der Waals surface area (Å²) in [5, 5.41) is 7.32. The maximum absolute atomic E-state index is 6.30. The molecule has 0 aliphatic heterocycles. The number of furan rings is 1. The third-order valence-corrected chi connectivity index (χ3v) is 14.5. The Hall–Kier alpha value is -9.12. The summed E-state index contributed by atoms with van der Waals surface area (Å²) >= 11 is 0. The van der Waals surface area contributed by atoms with Gasteiger partial charge in [0.1, 0.15) is 11.2 Å². The lowest BCUT2D eigenvalue weighted by Crippen LogP contribution is -2.30. The Bertz CT molecular complexity index is 4110. The van der Waals surface area contributed by atoms with Crippen LogP contribution in [-0.2, 0) is 0 Å². The molecule has 1 aliphatic rings. The molecule has 0 amide bonds. The van der Waals surface area contributed by atoms with Gasteiger partial charge < -0.3 is 18.5 Å². The second kappa shape index (κ2) is 16.3. The lowest BCUT2D eigenvalue weighted by atomic mass is 9.94. The van der Waals surface area contributed by atoms with E-state index in [2.05, 4.69) is 257 Å². The first-order valence-electron chi connectivity index (χ1n) is 24.2. The molecule has 330 valence electrons. The summed E-state index contributed by atoms with van der Waals surface area (Å²) in [4.78, 5) is 2.50. The van der Waals surface area contributed by atoms with E-state index in [1.807, 2.05) is 12.1 Å². The second-order valence-electron chi connectivity index (χ2n) is 18.4. The molecule has 0 saturated heterocycles. The van der Waals surface area contributed by atoms with E-state index in [4.69, 9.17) is 4.42 Å². The van der Waals surface area contributed by atoms with E-state index < -0.39 is 0 Å². The van der Waals surface area contributed by atoms with Crippen LogP contribution >= 0.6 is 0 Å². The Balaban J connectivity index is 0.844. The molecule has 3 heterocycles. The van der Waals surface area contributed by atoms with Gasteiger partial charge in [-0.3, -0.25) is 0 Å². The number of nitrogens with zero attached hydrogens (tertiary/aromatic N) is 3. The van der Waals surface area contributed by atoms with Gasteiger partial charge in [-0.25, -0.2) is 0 Å². The van der Waals surface area contributed by atoms with Crippen LogP contribution in [0.25, 0.3) is 105 Å². The number of hydrogen-bond donors (Lipinski definition) is 0. The minimum atomic E-state index is 0.0673. The van der Waals surface area contributed by atoms with E-state index in [0.29, 0.717) is 0 Å². The van der Waals surface area contributed by atoms with Crippen molar-refractivity contribution in [2.45, 2.75) is 12.5 Å². The highest BCUT2D eigenvalue weighted by atomic mass is 16.3. The fourth-order valence-corrected chi connectivity index (χ4v) is 11.2. The Morgan fingerprint density at radius 1 is 0.371 bits per heavy atom. The van der Waals surface area contributed by atoms with E-state index in [1.54, 1.807) is 0 Å². The number of benzene rings is 10. The lowest BCUT2D eigenvalue weighted by Gasteiger charge is -2.33. The third kappa shape index (κ3) is 6.45. The van der Waals surface area contributed by atoms with Crippen LogP contribution in [0.2, 0.25) is 0 Å². The van der Waals surface area contributed by atoms with Crippen molar-refractivity contribution in [2.24, 2.45) is 0 Å². The summed E-state index contributed by atoms with van der Waals surface area (Å²) in [6.07, 6.45) is 7.99. The summed E-state index contributed by atoms with van der Waals surface area (Å²) in [5.74, 6) is 0. The van der Waals surface area contributed by atoms with Crippen LogP contribution in [0.5, 0.6) is 0 Å². The van der Waals surface area contributed by atoms with Gasteiger partial charge in [0, 0.05) is 54.8 Å². The molecule has 10 aromatic carbocycles. The van der Waals surface area contributed by atoms with Crippen LogP contribution < -0.4 is 4.90 Å². The van der Waals surface area contributed by atoms with Gasteiger partial charge in [-0.05, 0) is 108 Å². The van der Waals surface area contributed by atoms with Crippen molar-refractivity contribution in [3.63, 3.8) is 0 Å². The molecule has 4 heteroatoms. The number of allylic oxidation sites excluding steroid dienone is 2. The van der Waals surface area contributed by atoms with Crippen LogP contribution in [0.1, 0.15) is 12.0 Å². The highest BCUT2D eigenvalue weighted by Crippen LogP contribution is 2.41. The number of fused-ring (bicyclic) bond motifs is 9. The summed E-state index contributed by atoms with van der Waals surface area (Å²) in [7, 11) is 0. The number of hydrogen-bond acceptors (Lipinski definition) is 2. The maximum atomic E-state index is 6.30. The van der Waals surface area contributed by atoms with Crippen molar-refractivity contribution in [3.8, 4) is 33.6 Å². The summed E-state index contributed by atoms with van der Waals surface area (Å²) in [6.45, 7) is 0. The zero-order chi connectivity index (χ0) is 46.1. The van der Waals surface area contributed by atoms with E-state index in [0.717, 1.165) is 56.5 Å². The van der Waals surface area contributed by atoms with Gasteiger partial charge in [-0.1, -0.05) is 176 Å². The lowest BCUT2D eigenvalue weighted by molar-refractivity contribution is 0.669. The normalized spacial score (nSPS) is 13.8. The molecular weight excluding hydrogens is 851 g/mol. The molecule has 3 aromatic heterocycles. The molecule has 1 unspecified atom stereocenters. The highest BCUT2D eigenvalue weighted by molar-refractivity contribution is 6.11. The fourth-order valence-electron chi connectivity index (χ4n) is 11.2. The van der Waals surface area contributed by atoms with Crippen LogP contribution in [0.4, 0.5) is 11.4 Å². The largest absolute Gasteiger partial charge is 0.456 e. The molecule has 1 aliphatic carbocycles. The van der Waals surface area contributed by atoms with Crippen molar-refractivity contribution < 1.29 is 4.42 Å². The highest BCUT2D eigenvalue weighted by Gasteiger charge is 2.24. The van der Waals surface area contributed by atoms with E-state index in [9.17, 15) is 0 Å². The van der Waals surface area contributed by atoms with E-state index in [-0.39, 0.29) is 6.04 Å². The first kappa shape index (κ1) is 40.0. The van der Waals surface area contributed by atoms with Crippen LogP contribution in [-0.4, -0.2) is 15.2 Å². The van der Waals surface area contributed by atoms with Crippen molar-refractivity contribution >= 4 is 82.5 Å². The Labute approximate surface area is 405 Å². The number of aromatic nitrogens is 2. The summed E-state index contributed by atoms with van der Waals surface area (Å²) < 4.78 is 11.2. The minimum Gasteiger partial charge on any atom is -0.456 e. The zero-order valence-corrected chi connectivity index (χ0v) is 38.3. The first-order chi connectivity index (χ1) is 34.7. The molecule has 0 spiro atoms. The molecule has 0 bridgehead atoms. The number of rotatable bonds is 8. The van der Waals surface area contributed by atoms with Gasteiger partial charge in [-0.2, -0.15) is 0 Å². The van der Waals surface area contributed by atoms with Gasteiger partial charge >= 0.3 is 0 Å². The molecule has 13 aromatic rings. The predicted molar refractivity (Wildman–Crippen MR) is 294 cm³/mol. The molecule has 14 rings (SSSR count). The van der Waals surface area contributed by atoms with Crippen molar-refractivity contribution in [1.29, 1.82) is 0 Å². The molecule has 0 N–H and O–H groups in total. The van der Waals surface area contributed by atoms with Crippen molar-refractivity contribution in [2.75, 3.05) is 4.90 Å². The average molecular weight is 896 g/mol. The van der Waals surface area contributed by atoms with Gasteiger partial charge in [0.25, 0.3) is 0 Å². The van der Waals surface area contributed by atoms with Crippen LogP contribution in [0, 0.1) is 0 Å². The third-order valence-electron chi connectivity index (χ3n) is 14.5. The summed E-state index contributed by atoms with van der Waals surface area (Å²) in [6, 6.07) is 85.7. The monoisotopic (exact) mass is 895 g/mol. The fraction of sp³-hybridized carbons (Fsp3) is 0.0303. The topological polar surface area (TPSA) is 26.2 Å². The molecule has 4 nitrogen and oxygen atoms in total. The smallest absolute Gasteiger partial charge is 0.136 e. The van der Waals surface area contributed by atoms with Gasteiger partial charge in [0.05, 0.1) is 39.5 Å². The SMILES string of the molecule is C1=CC(N(c2ccc(-c3ccc4c(c3)oc3ccccc34)cc2)c2ccc(-c3ccccc3-n3c4ccccc4c4ccccc43)cc2)CC=C1c1ccccc1-n1c2ccccc2c2ccccc21. The quantitative estimate of drug-likeness (QED) is 0.152. The van der Waals surface area contributed by atoms with Crippen LogP contribution in [0.15, 0.2) is 259 Å². The molecular formula is C66H45N3O. The van der Waals surface area contributed by atoms with Gasteiger partial charge in [0.15, 0.2) is 0 Å². The molecule has 70 heavy (non-hydrogen) atoms. The standard InChI is InChI=1S/C66H45N3O/c1-8-22-59(68-61-24-10-3-17-53(61)54-18-4-11-25-62(54)68)51(15-1)45-31-38-49(39-32-45)67(48-36-29-44(30-37-48)47-35-42-58-57-21-7-14-28-65(57)70-66(58)43-47)50-40-33-46(34-41-50)52-16-2-9-23-60(52)69-63-26-12-5-19-55(63)56-20-6-13-27-64(56)69/h1-40,42-43,50H,41H2. The number of anilines is 2. The molecule has 0 saturated carbocycles. The molecule has 1 atom stereocenters. The summed E-state index contributed by atoms with van der Waals surface area (Å²) in [5.41, 5.74) is 18.3. The van der Waals surface area contributed by atoms with Gasteiger partial charge in [-0.15, -0.1) is 0 Å². The Morgan fingerprint density at radius 2 is 0.814 bits per heavy atom. The predicted octanol–water partition coefficient (Wildman–Crippen LogP) is 17.7. The van der Waals surface area contributed by atoms with Gasteiger partial charge in [0.2, 0.25) is 0 Å². The van der Waals surface area contributed by atoms with E-state index >= 15 is 0 Å². The minimum absolute atomic E-state index is 0.0673. The van der Waals surface area contributed by atoms with Crippen LogP contribution in [0.3, 0.4) is 0 Å². The van der Waals surface area contributed by atoms with E-state index in [1.165, 1.54) is 71.6 Å². The zero-order valence-electron chi connectivity index (χ0n) is 38.3. The number of para-hydroxylation sites is 7. The molecule has 0 fully saturated rings. The maximum Gasteiger partial charge on any atom is 0.136 e. The first-order valence-corrected chi connectivity index (χ1v) is 24.2. The second-order valence-corrected chi connectivity index (χ2v) is 18.4. The average Bonchev–Trinajstić information content (AvgIpc) is 4.09. The Kier molecular flexibility index (Phi) is 9.31. The van der Waals surface area contributed by atoms with Crippen molar-refractivity contribution in [1.82, 2.24) is 9.13 Å².